The van der Waals surface area contributed by atoms with Gasteiger partial charge in [0.05, 0.1) is 6.04 Å². The van der Waals surface area contributed by atoms with E-state index < -0.39 is 0 Å². The molecule has 126 valence electrons. The number of rotatable bonds is 3. The molecular weight excluding hydrogens is 288 g/mol. The Labute approximate surface area is 139 Å². The third-order valence-corrected chi connectivity index (χ3v) is 3.86. The van der Waals surface area contributed by atoms with Crippen molar-refractivity contribution in [1.82, 2.24) is 10.2 Å². The molecule has 1 aliphatic heterocycles. The van der Waals surface area contributed by atoms with Crippen molar-refractivity contribution in [2.24, 2.45) is 0 Å². The second-order valence-electron chi connectivity index (χ2n) is 5.62. The molecule has 1 aromatic carbocycles. The first-order chi connectivity index (χ1) is 10.9. The van der Waals surface area contributed by atoms with Gasteiger partial charge in [0.2, 0.25) is 5.91 Å². The Kier molecular flexibility index (Phi) is 7.01. The molecule has 0 spiro atoms. The molecule has 23 heavy (non-hydrogen) atoms. The van der Waals surface area contributed by atoms with Crippen LogP contribution in [0.2, 0.25) is 0 Å². The fraction of sp³-hybridized carbons (Fsp3) is 0.474. The minimum absolute atomic E-state index is 0.0405. The molecular formula is C19H28N2O2. The van der Waals surface area contributed by atoms with Crippen LogP contribution in [0.25, 0.3) is 0 Å². The molecule has 3 unspecified atom stereocenters. The van der Waals surface area contributed by atoms with Crippen LogP contribution in [0.4, 0.5) is 0 Å². The highest BCUT2D eigenvalue weighted by Gasteiger charge is 2.27. The van der Waals surface area contributed by atoms with E-state index in [2.05, 4.69) is 17.5 Å². The van der Waals surface area contributed by atoms with Gasteiger partial charge in [-0.15, -0.1) is 0 Å². The number of hydrogen-bond acceptors (Lipinski definition) is 2. The van der Waals surface area contributed by atoms with Gasteiger partial charge >= 0.3 is 0 Å². The largest absolute Gasteiger partial charge is 0.350 e. The summed E-state index contributed by atoms with van der Waals surface area (Å²) in [6, 6.07) is 7.65. The second-order valence-corrected chi connectivity index (χ2v) is 5.62. The quantitative estimate of drug-likeness (QED) is 0.864. The Hall–Kier alpha value is -2.10. The van der Waals surface area contributed by atoms with Gasteiger partial charge in [0.25, 0.3) is 5.91 Å². The van der Waals surface area contributed by atoms with Crippen molar-refractivity contribution in [3.63, 3.8) is 0 Å². The molecule has 2 amide bonds. The van der Waals surface area contributed by atoms with Gasteiger partial charge < -0.3 is 10.2 Å². The fourth-order valence-corrected chi connectivity index (χ4v) is 2.70. The summed E-state index contributed by atoms with van der Waals surface area (Å²) in [6.45, 7) is 11.5. The zero-order valence-corrected chi connectivity index (χ0v) is 15.0. The topological polar surface area (TPSA) is 49.4 Å². The van der Waals surface area contributed by atoms with Crippen LogP contribution in [-0.4, -0.2) is 28.8 Å². The van der Waals surface area contributed by atoms with Crippen molar-refractivity contribution in [3.8, 4) is 0 Å². The van der Waals surface area contributed by atoms with Crippen molar-refractivity contribution >= 4 is 11.8 Å². The summed E-state index contributed by atoms with van der Waals surface area (Å²) in [5, 5.41) is 2.83. The summed E-state index contributed by atoms with van der Waals surface area (Å²) >= 11 is 0. The van der Waals surface area contributed by atoms with E-state index in [1.807, 2.05) is 63.8 Å². The maximum atomic E-state index is 12.5. The lowest BCUT2D eigenvalue weighted by molar-refractivity contribution is -0.119. The maximum absolute atomic E-state index is 12.5. The van der Waals surface area contributed by atoms with E-state index in [1.165, 1.54) is 6.92 Å². The number of hydrogen-bond donors (Lipinski definition) is 1. The zero-order valence-electron chi connectivity index (χ0n) is 15.0. The number of amides is 2. The van der Waals surface area contributed by atoms with Crippen molar-refractivity contribution in [3.05, 3.63) is 47.5 Å². The van der Waals surface area contributed by atoms with E-state index in [-0.39, 0.29) is 29.9 Å². The van der Waals surface area contributed by atoms with Crippen LogP contribution < -0.4 is 5.32 Å². The van der Waals surface area contributed by atoms with E-state index in [4.69, 9.17) is 0 Å². The van der Waals surface area contributed by atoms with Crippen LogP contribution in [0.15, 0.2) is 36.4 Å². The van der Waals surface area contributed by atoms with E-state index in [1.54, 1.807) is 0 Å². The molecule has 4 nitrogen and oxygen atoms in total. The van der Waals surface area contributed by atoms with Crippen molar-refractivity contribution in [2.45, 2.75) is 59.7 Å². The highest BCUT2D eigenvalue weighted by Crippen LogP contribution is 2.21. The molecule has 1 N–H and O–H groups in total. The monoisotopic (exact) mass is 316 g/mol. The van der Waals surface area contributed by atoms with Crippen LogP contribution >= 0.6 is 0 Å². The third kappa shape index (κ3) is 4.68. The van der Waals surface area contributed by atoms with Crippen molar-refractivity contribution < 1.29 is 9.59 Å². The molecule has 1 aromatic rings. The van der Waals surface area contributed by atoms with E-state index in [0.717, 1.165) is 5.56 Å². The third-order valence-electron chi connectivity index (χ3n) is 3.86. The van der Waals surface area contributed by atoms with Gasteiger partial charge in [0.1, 0.15) is 0 Å². The lowest BCUT2D eigenvalue weighted by Gasteiger charge is -2.26. The molecule has 2 rings (SSSR count). The number of carbonyl (C=O) groups excluding carboxylic acids is 2. The molecule has 0 aromatic heterocycles. The predicted molar refractivity (Wildman–Crippen MR) is 94.3 cm³/mol. The van der Waals surface area contributed by atoms with Gasteiger partial charge in [0, 0.05) is 24.6 Å². The average molecular weight is 316 g/mol. The molecule has 0 aliphatic carbocycles. The van der Waals surface area contributed by atoms with Crippen molar-refractivity contribution in [1.29, 1.82) is 0 Å². The Morgan fingerprint density at radius 3 is 1.96 bits per heavy atom. The molecule has 0 fully saturated rings. The highest BCUT2D eigenvalue weighted by molar-refractivity contribution is 5.95. The lowest BCUT2D eigenvalue weighted by atomic mass is 10.0. The van der Waals surface area contributed by atoms with Crippen LogP contribution in [0, 0.1) is 0 Å². The molecule has 4 heteroatoms. The summed E-state index contributed by atoms with van der Waals surface area (Å²) in [4.78, 5) is 25.5. The van der Waals surface area contributed by atoms with E-state index in [0.29, 0.717) is 5.56 Å². The molecule has 0 radical (unpaired) electrons. The van der Waals surface area contributed by atoms with Crippen LogP contribution in [0.3, 0.4) is 0 Å². The predicted octanol–water partition coefficient (Wildman–Crippen LogP) is 3.70. The lowest BCUT2D eigenvalue weighted by Crippen LogP contribution is -2.39. The molecule has 1 heterocycles. The average Bonchev–Trinajstić information content (AvgIpc) is 2.87. The van der Waals surface area contributed by atoms with Gasteiger partial charge in [-0.2, -0.15) is 0 Å². The van der Waals surface area contributed by atoms with Crippen molar-refractivity contribution in [2.75, 3.05) is 0 Å². The maximum Gasteiger partial charge on any atom is 0.254 e. The summed E-state index contributed by atoms with van der Waals surface area (Å²) in [6.07, 6.45) is 4.10. The minimum Gasteiger partial charge on any atom is -0.350 e. The van der Waals surface area contributed by atoms with E-state index >= 15 is 0 Å². The number of benzene rings is 1. The van der Waals surface area contributed by atoms with Crippen LogP contribution in [-0.2, 0) is 4.79 Å². The van der Waals surface area contributed by atoms with Gasteiger partial charge in [-0.1, -0.05) is 38.1 Å². The first-order valence-electron chi connectivity index (χ1n) is 8.28. The van der Waals surface area contributed by atoms with Gasteiger partial charge in [0.15, 0.2) is 0 Å². The van der Waals surface area contributed by atoms with Gasteiger partial charge in [-0.05, 0) is 38.5 Å². The zero-order chi connectivity index (χ0) is 17.6. The highest BCUT2D eigenvalue weighted by atomic mass is 16.2. The smallest absolute Gasteiger partial charge is 0.254 e. The minimum atomic E-state index is -0.0616. The summed E-state index contributed by atoms with van der Waals surface area (Å²) in [7, 11) is 0. The number of nitrogens with one attached hydrogen (secondary N) is 1. The number of carbonyl (C=O) groups is 2. The summed E-state index contributed by atoms with van der Waals surface area (Å²) in [5.74, 6) is -0.0211. The first-order valence-corrected chi connectivity index (χ1v) is 8.28. The normalized spacial score (nSPS) is 20.5. The van der Waals surface area contributed by atoms with Gasteiger partial charge in [-0.3, -0.25) is 9.59 Å². The molecule has 0 bridgehead atoms. The number of nitrogens with zero attached hydrogens (tertiary/aromatic N) is 1. The van der Waals surface area contributed by atoms with E-state index in [9.17, 15) is 9.59 Å². The second kappa shape index (κ2) is 8.51. The Bertz CT molecular complexity index is 551. The Balaban J connectivity index is 0.00000127. The van der Waals surface area contributed by atoms with Crippen LogP contribution in [0.1, 0.15) is 63.5 Å². The van der Waals surface area contributed by atoms with Gasteiger partial charge in [-0.25, -0.2) is 0 Å². The fourth-order valence-electron chi connectivity index (χ4n) is 2.70. The molecule has 0 saturated heterocycles. The van der Waals surface area contributed by atoms with Crippen LogP contribution in [0.5, 0.6) is 0 Å². The Morgan fingerprint density at radius 2 is 1.52 bits per heavy atom. The standard InChI is InChI=1S/C17H22N2O2.C2H6/c1-11-5-6-12(2)19(11)17(21)16-9-7-15(8-10-16)13(3)18-14(4)20;1-2/h5-13H,1-4H3,(H,18,20);1-2H3. The summed E-state index contributed by atoms with van der Waals surface area (Å²) < 4.78 is 0. The molecule has 3 atom stereocenters. The summed E-state index contributed by atoms with van der Waals surface area (Å²) in [5.41, 5.74) is 1.67. The Morgan fingerprint density at radius 1 is 1.04 bits per heavy atom. The molecule has 0 saturated carbocycles. The SMILES string of the molecule is CC.CC(=O)NC(C)c1ccc(C(=O)N2C(C)C=CC2C)cc1. The first kappa shape index (κ1) is 18.9. The molecule has 1 aliphatic rings.